The van der Waals surface area contributed by atoms with Crippen molar-refractivity contribution < 1.29 is 4.79 Å². The molecule has 1 aromatic carbocycles. The lowest BCUT2D eigenvalue weighted by molar-refractivity contribution is 0.100. The van der Waals surface area contributed by atoms with Gasteiger partial charge < -0.3 is 16.4 Å². The molecule has 4 N–H and O–H groups in total. The molecule has 1 unspecified atom stereocenters. The van der Waals surface area contributed by atoms with Crippen LogP contribution < -0.4 is 16.4 Å². The fraction of sp³-hybridized carbons (Fsp3) is 0.417. The first-order valence-electron chi connectivity index (χ1n) is 5.73. The van der Waals surface area contributed by atoms with Gasteiger partial charge in [0.25, 0.3) is 5.91 Å². The average molecular weight is 254 g/mol. The molecule has 1 heterocycles. The summed E-state index contributed by atoms with van der Waals surface area (Å²) in [7, 11) is 0. The fourth-order valence-corrected chi connectivity index (χ4v) is 2.21. The summed E-state index contributed by atoms with van der Waals surface area (Å²) in [4.78, 5) is 11.3. The van der Waals surface area contributed by atoms with E-state index in [0.717, 1.165) is 25.2 Å². The standard InChI is InChI=1S/C12H16ClN3O/c13-8-3-4-11(10(6-8)12(14)17)16-7-9-2-1-5-15-9/h3-4,6,9,15-16H,1-2,5,7H2,(H2,14,17). The Morgan fingerprint density at radius 3 is 3.06 bits per heavy atom. The Labute approximate surface area is 106 Å². The number of anilines is 1. The first-order valence-corrected chi connectivity index (χ1v) is 6.11. The van der Waals surface area contributed by atoms with Crippen molar-refractivity contribution >= 4 is 23.2 Å². The number of nitrogens with two attached hydrogens (primary N) is 1. The first kappa shape index (κ1) is 12.2. The van der Waals surface area contributed by atoms with Gasteiger partial charge in [-0.15, -0.1) is 0 Å². The van der Waals surface area contributed by atoms with E-state index < -0.39 is 5.91 Å². The van der Waals surface area contributed by atoms with Gasteiger partial charge in [-0.3, -0.25) is 4.79 Å². The number of halogens is 1. The Morgan fingerprint density at radius 2 is 2.41 bits per heavy atom. The highest BCUT2D eigenvalue weighted by molar-refractivity contribution is 6.31. The van der Waals surface area contributed by atoms with Crippen molar-refractivity contribution in [3.8, 4) is 0 Å². The van der Waals surface area contributed by atoms with Crippen molar-refractivity contribution in [3.63, 3.8) is 0 Å². The average Bonchev–Trinajstić information content (AvgIpc) is 2.80. The van der Waals surface area contributed by atoms with E-state index in [0.29, 0.717) is 16.6 Å². The van der Waals surface area contributed by atoms with Crippen molar-refractivity contribution in [1.29, 1.82) is 0 Å². The molecule has 0 radical (unpaired) electrons. The Balaban J connectivity index is 2.06. The highest BCUT2D eigenvalue weighted by Gasteiger charge is 2.15. The maximum absolute atomic E-state index is 11.3. The number of carbonyl (C=O) groups excluding carboxylic acids is 1. The Morgan fingerprint density at radius 1 is 1.59 bits per heavy atom. The number of carbonyl (C=O) groups is 1. The van der Waals surface area contributed by atoms with Crippen molar-refractivity contribution in [2.75, 3.05) is 18.4 Å². The second kappa shape index (κ2) is 5.38. The van der Waals surface area contributed by atoms with Gasteiger partial charge in [-0.1, -0.05) is 11.6 Å². The van der Waals surface area contributed by atoms with E-state index in [1.807, 2.05) is 0 Å². The first-order chi connectivity index (χ1) is 8.16. The quantitative estimate of drug-likeness (QED) is 0.764. The Hall–Kier alpha value is -1.26. The van der Waals surface area contributed by atoms with Gasteiger partial charge in [-0.2, -0.15) is 0 Å². The largest absolute Gasteiger partial charge is 0.383 e. The number of hydrogen-bond acceptors (Lipinski definition) is 3. The minimum absolute atomic E-state index is 0.440. The second-order valence-corrected chi connectivity index (χ2v) is 4.66. The molecule has 17 heavy (non-hydrogen) atoms. The summed E-state index contributed by atoms with van der Waals surface area (Å²) in [6, 6.07) is 5.59. The maximum Gasteiger partial charge on any atom is 0.250 e. The smallest absolute Gasteiger partial charge is 0.250 e. The number of benzene rings is 1. The molecule has 1 fully saturated rings. The van der Waals surface area contributed by atoms with Crippen LogP contribution in [-0.2, 0) is 0 Å². The van der Waals surface area contributed by atoms with Gasteiger partial charge in [0.15, 0.2) is 0 Å². The monoisotopic (exact) mass is 253 g/mol. The Bertz CT molecular complexity index is 416. The molecule has 0 aromatic heterocycles. The van der Waals surface area contributed by atoms with Crippen LogP contribution in [0.3, 0.4) is 0 Å². The van der Waals surface area contributed by atoms with Crippen LogP contribution in [0.25, 0.3) is 0 Å². The molecule has 1 aromatic rings. The van der Waals surface area contributed by atoms with E-state index in [2.05, 4.69) is 10.6 Å². The highest BCUT2D eigenvalue weighted by atomic mass is 35.5. The number of hydrogen-bond donors (Lipinski definition) is 3. The third-order valence-corrected chi connectivity index (χ3v) is 3.18. The molecular weight excluding hydrogens is 238 g/mol. The number of amides is 1. The molecule has 1 amide bonds. The van der Waals surface area contributed by atoms with Gasteiger partial charge >= 0.3 is 0 Å². The van der Waals surface area contributed by atoms with Crippen LogP contribution in [0.2, 0.25) is 5.02 Å². The lowest BCUT2D eigenvalue weighted by Gasteiger charge is -2.14. The fourth-order valence-electron chi connectivity index (χ4n) is 2.04. The molecule has 1 aliphatic heterocycles. The summed E-state index contributed by atoms with van der Waals surface area (Å²) in [5.41, 5.74) is 6.50. The second-order valence-electron chi connectivity index (χ2n) is 4.23. The molecular formula is C12H16ClN3O. The Kier molecular flexibility index (Phi) is 3.86. The van der Waals surface area contributed by atoms with E-state index >= 15 is 0 Å². The lowest BCUT2D eigenvalue weighted by atomic mass is 10.1. The van der Waals surface area contributed by atoms with Gasteiger partial charge in [0, 0.05) is 23.3 Å². The molecule has 0 bridgehead atoms. The molecule has 4 nitrogen and oxygen atoms in total. The van der Waals surface area contributed by atoms with Gasteiger partial charge in [-0.25, -0.2) is 0 Å². The van der Waals surface area contributed by atoms with Crippen molar-refractivity contribution in [2.24, 2.45) is 5.73 Å². The molecule has 1 aliphatic rings. The summed E-state index contributed by atoms with van der Waals surface area (Å²) in [6.07, 6.45) is 2.36. The minimum atomic E-state index is -0.464. The highest BCUT2D eigenvalue weighted by Crippen LogP contribution is 2.20. The maximum atomic E-state index is 11.3. The zero-order valence-electron chi connectivity index (χ0n) is 9.50. The molecule has 2 rings (SSSR count). The molecule has 92 valence electrons. The summed E-state index contributed by atoms with van der Waals surface area (Å²) < 4.78 is 0. The molecule has 0 aliphatic carbocycles. The van der Waals surface area contributed by atoms with Crippen LogP contribution in [0.4, 0.5) is 5.69 Å². The zero-order chi connectivity index (χ0) is 12.3. The SMILES string of the molecule is NC(=O)c1cc(Cl)ccc1NCC1CCCN1. The predicted molar refractivity (Wildman–Crippen MR) is 69.5 cm³/mol. The number of rotatable bonds is 4. The van der Waals surface area contributed by atoms with Crippen LogP contribution in [0.1, 0.15) is 23.2 Å². The summed E-state index contributed by atoms with van der Waals surface area (Å²) >= 11 is 5.84. The van der Waals surface area contributed by atoms with Crippen molar-refractivity contribution in [2.45, 2.75) is 18.9 Å². The number of nitrogens with one attached hydrogen (secondary N) is 2. The molecule has 0 saturated carbocycles. The third-order valence-electron chi connectivity index (χ3n) is 2.95. The van der Waals surface area contributed by atoms with E-state index in [1.54, 1.807) is 18.2 Å². The molecule has 0 spiro atoms. The minimum Gasteiger partial charge on any atom is -0.383 e. The van der Waals surface area contributed by atoms with Crippen LogP contribution in [0.15, 0.2) is 18.2 Å². The van der Waals surface area contributed by atoms with E-state index in [1.165, 1.54) is 6.42 Å². The van der Waals surface area contributed by atoms with E-state index in [4.69, 9.17) is 17.3 Å². The van der Waals surface area contributed by atoms with E-state index in [-0.39, 0.29) is 0 Å². The van der Waals surface area contributed by atoms with Crippen LogP contribution in [0, 0.1) is 0 Å². The third kappa shape index (κ3) is 3.11. The van der Waals surface area contributed by atoms with Gasteiger partial charge in [0.05, 0.1) is 5.56 Å². The summed E-state index contributed by atoms with van der Waals surface area (Å²) in [5.74, 6) is -0.464. The van der Waals surface area contributed by atoms with Gasteiger partial charge in [0.2, 0.25) is 0 Å². The van der Waals surface area contributed by atoms with Crippen LogP contribution >= 0.6 is 11.6 Å². The van der Waals surface area contributed by atoms with Gasteiger partial charge in [0.1, 0.15) is 0 Å². The van der Waals surface area contributed by atoms with Crippen LogP contribution in [0.5, 0.6) is 0 Å². The zero-order valence-corrected chi connectivity index (χ0v) is 10.3. The van der Waals surface area contributed by atoms with Crippen LogP contribution in [-0.4, -0.2) is 25.0 Å². The normalized spacial score (nSPS) is 19.2. The van der Waals surface area contributed by atoms with E-state index in [9.17, 15) is 4.79 Å². The topological polar surface area (TPSA) is 67.2 Å². The molecule has 1 atom stereocenters. The summed E-state index contributed by atoms with van der Waals surface area (Å²) in [6.45, 7) is 1.86. The van der Waals surface area contributed by atoms with Crippen molar-refractivity contribution in [1.82, 2.24) is 5.32 Å². The molecule has 1 saturated heterocycles. The number of primary amides is 1. The predicted octanol–water partition coefficient (Wildman–Crippen LogP) is 1.60. The summed E-state index contributed by atoms with van der Waals surface area (Å²) in [5, 5.41) is 7.14. The van der Waals surface area contributed by atoms with Crippen molar-refractivity contribution in [3.05, 3.63) is 28.8 Å². The molecule has 5 heteroatoms. The van der Waals surface area contributed by atoms with Gasteiger partial charge in [-0.05, 0) is 37.6 Å². The lowest BCUT2D eigenvalue weighted by Crippen LogP contribution is -2.30.